The van der Waals surface area contributed by atoms with Crippen LogP contribution in [0, 0.1) is 11.8 Å². The average molecular weight is 508 g/mol. The third-order valence-corrected chi connectivity index (χ3v) is 5.34. The first-order valence-corrected chi connectivity index (χ1v) is 11.7. The quantitative estimate of drug-likeness (QED) is 0.172. The lowest BCUT2D eigenvalue weighted by Crippen LogP contribution is -2.59. The Morgan fingerprint density at radius 1 is 0.861 bits per heavy atom. The summed E-state index contributed by atoms with van der Waals surface area (Å²) in [5.74, 6) is -4.57. The van der Waals surface area contributed by atoms with E-state index in [2.05, 4.69) is 16.0 Å². The van der Waals surface area contributed by atoms with Crippen molar-refractivity contribution in [2.45, 2.75) is 71.1 Å². The van der Waals surface area contributed by atoms with Gasteiger partial charge in [0.15, 0.2) is 0 Å². The molecule has 4 amide bonds. The number of aromatic hydroxyl groups is 1. The van der Waals surface area contributed by atoms with Crippen molar-refractivity contribution in [3.05, 3.63) is 29.8 Å². The van der Waals surface area contributed by atoms with Crippen molar-refractivity contribution in [2.24, 2.45) is 23.3 Å². The van der Waals surface area contributed by atoms with E-state index in [-0.39, 0.29) is 24.5 Å². The number of hydrogen-bond acceptors (Lipinski definition) is 7. The number of carbonyl (C=O) groups excluding carboxylic acids is 4. The van der Waals surface area contributed by atoms with Crippen LogP contribution < -0.4 is 27.4 Å². The number of hydrogen-bond donors (Lipinski definition) is 7. The molecule has 0 spiro atoms. The maximum atomic E-state index is 13.1. The Morgan fingerprint density at radius 2 is 1.42 bits per heavy atom. The lowest BCUT2D eigenvalue weighted by Gasteiger charge is -2.27. The second-order valence-corrected chi connectivity index (χ2v) is 9.47. The zero-order valence-electron chi connectivity index (χ0n) is 21.0. The van der Waals surface area contributed by atoms with Crippen LogP contribution in [0.4, 0.5) is 0 Å². The van der Waals surface area contributed by atoms with E-state index in [0.717, 1.165) is 0 Å². The van der Waals surface area contributed by atoms with Crippen molar-refractivity contribution < 1.29 is 34.2 Å². The molecule has 1 rings (SSSR count). The van der Waals surface area contributed by atoms with Gasteiger partial charge in [0.25, 0.3) is 0 Å². The van der Waals surface area contributed by atoms with Gasteiger partial charge in [-0.15, -0.1) is 0 Å². The molecule has 0 radical (unpaired) electrons. The number of nitrogens with two attached hydrogens (primary N) is 2. The van der Waals surface area contributed by atoms with Crippen LogP contribution in [0.15, 0.2) is 24.3 Å². The molecule has 0 heterocycles. The number of carboxylic acids is 1. The largest absolute Gasteiger partial charge is 0.508 e. The van der Waals surface area contributed by atoms with Gasteiger partial charge in [-0.2, -0.15) is 0 Å². The minimum absolute atomic E-state index is 0.00811. The molecular weight excluding hydrogens is 470 g/mol. The van der Waals surface area contributed by atoms with Gasteiger partial charge in [0.2, 0.25) is 23.6 Å². The third kappa shape index (κ3) is 10.3. The fourth-order valence-corrected chi connectivity index (χ4v) is 3.41. The summed E-state index contributed by atoms with van der Waals surface area (Å²) in [4.78, 5) is 61.3. The van der Waals surface area contributed by atoms with E-state index in [4.69, 9.17) is 11.5 Å². The molecule has 0 saturated carbocycles. The zero-order chi connectivity index (χ0) is 27.6. The molecule has 0 fully saturated rings. The Kier molecular flexibility index (Phi) is 11.8. The van der Waals surface area contributed by atoms with Gasteiger partial charge in [-0.05, 0) is 36.0 Å². The lowest BCUT2D eigenvalue weighted by molar-refractivity contribution is -0.142. The molecule has 0 aliphatic carbocycles. The first-order valence-electron chi connectivity index (χ1n) is 11.7. The van der Waals surface area contributed by atoms with Gasteiger partial charge in [0, 0.05) is 6.42 Å². The highest BCUT2D eigenvalue weighted by Gasteiger charge is 2.32. The molecule has 4 unspecified atom stereocenters. The summed E-state index contributed by atoms with van der Waals surface area (Å²) >= 11 is 0. The second kappa shape index (κ2) is 14.0. The molecule has 200 valence electrons. The Labute approximate surface area is 210 Å². The van der Waals surface area contributed by atoms with Crippen LogP contribution in [-0.4, -0.2) is 64.0 Å². The monoisotopic (exact) mass is 507 g/mol. The van der Waals surface area contributed by atoms with Crippen LogP contribution in [0.1, 0.15) is 46.1 Å². The number of phenolic OH excluding ortho intramolecular Hbond substituents is 1. The SMILES string of the molecule is CC(C)CC(NC(=O)C(Cc1ccc(O)cc1)NC(=O)C(NC(=O)C(N)CC(N)=O)C(C)C)C(=O)O. The van der Waals surface area contributed by atoms with Crippen LogP contribution in [0.5, 0.6) is 5.75 Å². The molecule has 12 heteroatoms. The Hall–Kier alpha value is -3.67. The number of amides is 4. The summed E-state index contributed by atoms with van der Waals surface area (Å²) < 4.78 is 0. The van der Waals surface area contributed by atoms with Crippen LogP contribution in [0.3, 0.4) is 0 Å². The molecule has 1 aromatic rings. The smallest absolute Gasteiger partial charge is 0.326 e. The molecule has 0 bridgehead atoms. The number of primary amides is 1. The number of benzene rings is 1. The molecular formula is C24H37N5O7. The number of nitrogens with one attached hydrogen (secondary N) is 3. The average Bonchev–Trinajstić information content (AvgIpc) is 2.76. The summed E-state index contributed by atoms with van der Waals surface area (Å²) in [6.07, 6.45) is -0.230. The first-order chi connectivity index (χ1) is 16.7. The number of carbonyl (C=O) groups is 5. The molecule has 0 aliphatic rings. The number of carboxylic acid groups (broad SMARTS) is 1. The highest BCUT2D eigenvalue weighted by atomic mass is 16.4. The Bertz CT molecular complexity index is 933. The molecule has 4 atom stereocenters. The van der Waals surface area contributed by atoms with Crippen molar-refractivity contribution in [3.8, 4) is 5.75 Å². The molecule has 12 nitrogen and oxygen atoms in total. The van der Waals surface area contributed by atoms with E-state index in [1.54, 1.807) is 26.0 Å². The van der Waals surface area contributed by atoms with Crippen molar-refractivity contribution >= 4 is 29.6 Å². The predicted octanol–water partition coefficient (Wildman–Crippen LogP) is -0.621. The number of phenols is 1. The fraction of sp³-hybridized carbons (Fsp3) is 0.542. The minimum Gasteiger partial charge on any atom is -0.508 e. The van der Waals surface area contributed by atoms with E-state index < -0.39 is 66.1 Å². The predicted molar refractivity (Wildman–Crippen MR) is 131 cm³/mol. The van der Waals surface area contributed by atoms with Crippen LogP contribution in [-0.2, 0) is 30.4 Å². The molecule has 1 aromatic carbocycles. The molecule has 9 N–H and O–H groups in total. The van der Waals surface area contributed by atoms with Crippen LogP contribution in [0.2, 0.25) is 0 Å². The van der Waals surface area contributed by atoms with Gasteiger partial charge in [0.05, 0.1) is 12.5 Å². The van der Waals surface area contributed by atoms with Gasteiger partial charge in [-0.3, -0.25) is 19.2 Å². The zero-order valence-corrected chi connectivity index (χ0v) is 21.0. The van der Waals surface area contributed by atoms with Crippen molar-refractivity contribution in [3.63, 3.8) is 0 Å². The highest BCUT2D eigenvalue weighted by molar-refractivity contribution is 5.95. The highest BCUT2D eigenvalue weighted by Crippen LogP contribution is 2.13. The normalized spacial score (nSPS) is 14.4. The van der Waals surface area contributed by atoms with E-state index in [9.17, 15) is 34.2 Å². The van der Waals surface area contributed by atoms with Gasteiger partial charge < -0.3 is 37.6 Å². The summed E-state index contributed by atoms with van der Waals surface area (Å²) in [6, 6.07) is 1.27. The van der Waals surface area contributed by atoms with E-state index >= 15 is 0 Å². The first kappa shape index (κ1) is 30.4. The van der Waals surface area contributed by atoms with Crippen molar-refractivity contribution in [2.75, 3.05) is 0 Å². The maximum absolute atomic E-state index is 13.1. The molecule has 0 saturated heterocycles. The minimum atomic E-state index is -1.25. The van der Waals surface area contributed by atoms with Crippen molar-refractivity contribution in [1.29, 1.82) is 0 Å². The van der Waals surface area contributed by atoms with Gasteiger partial charge in [-0.1, -0.05) is 39.8 Å². The van der Waals surface area contributed by atoms with E-state index in [1.807, 2.05) is 13.8 Å². The Morgan fingerprint density at radius 3 is 1.89 bits per heavy atom. The number of aliphatic carboxylic acids is 1. The van der Waals surface area contributed by atoms with Crippen LogP contribution >= 0.6 is 0 Å². The standard InChI is InChI=1S/C24H37N5O7/c1-12(2)9-18(24(35)36)28-22(33)17(10-14-5-7-15(30)8-6-14)27-23(34)20(13(3)4)29-21(32)16(25)11-19(26)31/h5-8,12-13,16-18,20,30H,9-11,25H2,1-4H3,(H2,26,31)(H,27,34)(H,28,33)(H,29,32)(H,35,36). The van der Waals surface area contributed by atoms with Crippen LogP contribution in [0.25, 0.3) is 0 Å². The second-order valence-electron chi connectivity index (χ2n) is 9.47. The topological polar surface area (TPSA) is 214 Å². The van der Waals surface area contributed by atoms with E-state index in [0.29, 0.717) is 5.56 Å². The summed E-state index contributed by atoms with van der Waals surface area (Å²) in [7, 11) is 0. The Balaban J connectivity index is 3.13. The number of rotatable bonds is 14. The lowest BCUT2D eigenvalue weighted by atomic mass is 9.99. The molecule has 0 aliphatic heterocycles. The van der Waals surface area contributed by atoms with Gasteiger partial charge in [-0.25, -0.2) is 4.79 Å². The van der Waals surface area contributed by atoms with Gasteiger partial charge >= 0.3 is 5.97 Å². The molecule has 0 aromatic heterocycles. The maximum Gasteiger partial charge on any atom is 0.326 e. The van der Waals surface area contributed by atoms with Gasteiger partial charge in [0.1, 0.15) is 23.9 Å². The summed E-state index contributed by atoms with van der Waals surface area (Å²) in [6.45, 7) is 6.97. The summed E-state index contributed by atoms with van der Waals surface area (Å²) in [5, 5.41) is 26.6. The summed E-state index contributed by atoms with van der Waals surface area (Å²) in [5.41, 5.74) is 11.3. The van der Waals surface area contributed by atoms with Crippen molar-refractivity contribution in [1.82, 2.24) is 16.0 Å². The fourth-order valence-electron chi connectivity index (χ4n) is 3.41. The molecule has 36 heavy (non-hydrogen) atoms. The third-order valence-electron chi connectivity index (χ3n) is 5.34. The van der Waals surface area contributed by atoms with E-state index in [1.165, 1.54) is 12.1 Å².